The minimum absolute atomic E-state index is 0.624. The molecule has 1 aliphatic heterocycles. The Morgan fingerprint density at radius 2 is 1.83 bits per heavy atom. The van der Waals surface area contributed by atoms with E-state index >= 15 is 0 Å². The number of rotatable bonds is 9. The van der Waals surface area contributed by atoms with Crippen LogP contribution < -0.4 is 15.0 Å². The zero-order valence-electron chi connectivity index (χ0n) is 21.2. The molecule has 9 nitrogen and oxygen atoms in total. The molecule has 0 atom stereocenters. The Morgan fingerprint density at radius 3 is 2.61 bits per heavy atom. The van der Waals surface area contributed by atoms with Crippen LogP contribution in [0.25, 0.3) is 22.4 Å². The van der Waals surface area contributed by atoms with Crippen LogP contribution in [0.4, 0.5) is 17.2 Å². The molecule has 2 N–H and O–H groups in total. The van der Waals surface area contributed by atoms with E-state index < -0.39 is 0 Å². The van der Waals surface area contributed by atoms with Crippen molar-refractivity contribution in [3.05, 3.63) is 54.7 Å². The SMILES string of the molecule is CN(C)CCCOc1cccc(-c2nc(Nc3ccc(N4CCN(C)CC4)cc3)c3[nH]ncc3n2)c1. The van der Waals surface area contributed by atoms with Gasteiger partial charge in [0.25, 0.3) is 0 Å². The van der Waals surface area contributed by atoms with Gasteiger partial charge in [-0.3, -0.25) is 5.10 Å². The van der Waals surface area contributed by atoms with Gasteiger partial charge in [0.1, 0.15) is 16.8 Å². The number of aromatic nitrogens is 4. The molecule has 0 saturated carbocycles. The van der Waals surface area contributed by atoms with E-state index in [4.69, 9.17) is 14.7 Å². The van der Waals surface area contributed by atoms with E-state index in [9.17, 15) is 0 Å². The lowest BCUT2D eigenvalue weighted by Crippen LogP contribution is -2.44. The van der Waals surface area contributed by atoms with Crippen molar-refractivity contribution in [1.29, 1.82) is 0 Å². The second-order valence-electron chi connectivity index (χ2n) is 9.52. The summed E-state index contributed by atoms with van der Waals surface area (Å²) in [5.74, 6) is 2.13. The predicted octanol–water partition coefficient (Wildman–Crippen LogP) is 3.85. The summed E-state index contributed by atoms with van der Waals surface area (Å²) in [6, 6.07) is 16.5. The number of nitrogens with one attached hydrogen (secondary N) is 2. The maximum absolute atomic E-state index is 5.96. The molecule has 0 spiro atoms. The molecular weight excluding hydrogens is 452 g/mol. The zero-order chi connectivity index (χ0) is 24.9. The van der Waals surface area contributed by atoms with Crippen LogP contribution in [-0.2, 0) is 0 Å². The summed E-state index contributed by atoms with van der Waals surface area (Å²) in [4.78, 5) is 16.5. The summed E-state index contributed by atoms with van der Waals surface area (Å²) in [5.41, 5.74) is 4.64. The van der Waals surface area contributed by atoms with Crippen molar-refractivity contribution in [2.24, 2.45) is 0 Å². The second-order valence-corrected chi connectivity index (χ2v) is 9.52. The number of nitrogens with zero attached hydrogens (tertiary/aromatic N) is 6. The third-order valence-electron chi connectivity index (χ3n) is 6.41. The first kappa shape index (κ1) is 24.0. The number of benzene rings is 2. The summed E-state index contributed by atoms with van der Waals surface area (Å²) in [5, 5.41) is 10.7. The topological polar surface area (TPSA) is 85.4 Å². The largest absolute Gasteiger partial charge is 0.494 e. The lowest BCUT2D eigenvalue weighted by Gasteiger charge is -2.34. The normalized spacial score (nSPS) is 14.5. The highest BCUT2D eigenvalue weighted by molar-refractivity contribution is 5.88. The average Bonchev–Trinajstić information content (AvgIpc) is 3.37. The quantitative estimate of drug-likeness (QED) is 0.345. The minimum atomic E-state index is 0.624. The van der Waals surface area contributed by atoms with Crippen LogP contribution in [0.2, 0.25) is 0 Å². The highest BCUT2D eigenvalue weighted by Crippen LogP contribution is 2.28. The van der Waals surface area contributed by atoms with E-state index in [-0.39, 0.29) is 0 Å². The van der Waals surface area contributed by atoms with Crippen molar-refractivity contribution >= 4 is 28.2 Å². The highest BCUT2D eigenvalue weighted by atomic mass is 16.5. The summed E-state index contributed by atoms with van der Waals surface area (Å²) in [7, 11) is 6.31. The minimum Gasteiger partial charge on any atom is -0.494 e. The van der Waals surface area contributed by atoms with Gasteiger partial charge in [-0.25, -0.2) is 9.97 Å². The van der Waals surface area contributed by atoms with Crippen molar-refractivity contribution in [3.8, 4) is 17.1 Å². The van der Waals surface area contributed by atoms with Gasteiger partial charge in [-0.2, -0.15) is 5.10 Å². The molecule has 0 radical (unpaired) electrons. The molecule has 5 rings (SSSR count). The Kier molecular flexibility index (Phi) is 7.29. The van der Waals surface area contributed by atoms with Crippen LogP contribution in [0, 0.1) is 0 Å². The number of fused-ring (bicyclic) bond motifs is 1. The molecule has 0 amide bonds. The smallest absolute Gasteiger partial charge is 0.162 e. The first-order valence-electron chi connectivity index (χ1n) is 12.4. The van der Waals surface area contributed by atoms with E-state index in [1.54, 1.807) is 6.20 Å². The van der Waals surface area contributed by atoms with Crippen molar-refractivity contribution < 1.29 is 4.74 Å². The molecule has 188 valence electrons. The maximum Gasteiger partial charge on any atom is 0.162 e. The first-order valence-corrected chi connectivity index (χ1v) is 12.4. The molecule has 0 unspecified atom stereocenters. The molecule has 36 heavy (non-hydrogen) atoms. The summed E-state index contributed by atoms with van der Waals surface area (Å²) < 4.78 is 5.96. The summed E-state index contributed by atoms with van der Waals surface area (Å²) >= 11 is 0. The summed E-state index contributed by atoms with van der Waals surface area (Å²) in [6.07, 6.45) is 2.69. The Hall–Kier alpha value is -3.69. The molecule has 1 saturated heterocycles. The van der Waals surface area contributed by atoms with E-state index in [2.05, 4.69) is 75.6 Å². The van der Waals surface area contributed by atoms with Gasteiger partial charge in [0.05, 0.1) is 12.8 Å². The Balaban J connectivity index is 1.34. The Morgan fingerprint density at radius 1 is 1.03 bits per heavy atom. The first-order chi connectivity index (χ1) is 17.5. The van der Waals surface area contributed by atoms with Crippen LogP contribution >= 0.6 is 0 Å². The van der Waals surface area contributed by atoms with Crippen LogP contribution in [0.3, 0.4) is 0 Å². The lowest BCUT2D eigenvalue weighted by molar-refractivity contribution is 0.281. The van der Waals surface area contributed by atoms with E-state index in [1.165, 1.54) is 5.69 Å². The number of piperazine rings is 1. The predicted molar refractivity (Wildman–Crippen MR) is 145 cm³/mol. The van der Waals surface area contributed by atoms with Crippen molar-refractivity contribution in [2.75, 3.05) is 70.7 Å². The molecular formula is C27H34N8O. The number of hydrogen-bond acceptors (Lipinski definition) is 8. The molecule has 0 aliphatic carbocycles. The van der Waals surface area contributed by atoms with Crippen LogP contribution in [0.1, 0.15) is 6.42 Å². The molecule has 0 bridgehead atoms. The molecule has 1 fully saturated rings. The Bertz CT molecular complexity index is 1280. The number of H-pyrrole nitrogens is 1. The van der Waals surface area contributed by atoms with Gasteiger partial charge in [-0.1, -0.05) is 12.1 Å². The van der Waals surface area contributed by atoms with E-state index in [0.717, 1.165) is 67.2 Å². The fourth-order valence-electron chi connectivity index (χ4n) is 4.31. The van der Waals surface area contributed by atoms with Gasteiger partial charge in [0, 0.05) is 49.7 Å². The fraction of sp³-hybridized carbons (Fsp3) is 0.370. The summed E-state index contributed by atoms with van der Waals surface area (Å²) in [6.45, 7) is 5.93. The van der Waals surface area contributed by atoms with Crippen molar-refractivity contribution in [3.63, 3.8) is 0 Å². The zero-order valence-corrected chi connectivity index (χ0v) is 21.2. The molecule has 9 heteroatoms. The van der Waals surface area contributed by atoms with Gasteiger partial charge in [0.15, 0.2) is 11.6 Å². The Labute approximate surface area is 212 Å². The molecule has 1 aliphatic rings. The van der Waals surface area contributed by atoms with Gasteiger partial charge in [0.2, 0.25) is 0 Å². The second kappa shape index (κ2) is 10.9. The molecule has 4 aromatic rings. The van der Waals surface area contributed by atoms with E-state index in [0.29, 0.717) is 18.2 Å². The standard InChI is InChI=1S/C27H34N8O/c1-33(2)12-5-17-36-23-7-4-6-20(18-23)26-30-24-19-28-32-25(24)27(31-26)29-21-8-10-22(11-9-21)35-15-13-34(3)14-16-35/h4,6-11,18-19H,5,12-17H2,1-3H3,(H,28,32)(H,29,30,31). The molecule has 2 aromatic heterocycles. The van der Waals surface area contributed by atoms with Crippen LogP contribution in [-0.4, -0.2) is 90.4 Å². The number of hydrogen-bond donors (Lipinski definition) is 2. The van der Waals surface area contributed by atoms with Gasteiger partial charge >= 0.3 is 0 Å². The number of ether oxygens (including phenoxy) is 1. The maximum atomic E-state index is 5.96. The van der Waals surface area contributed by atoms with Crippen molar-refractivity contribution in [2.45, 2.75) is 6.42 Å². The molecule has 3 heterocycles. The number of aromatic amines is 1. The highest BCUT2D eigenvalue weighted by Gasteiger charge is 2.15. The van der Waals surface area contributed by atoms with Crippen molar-refractivity contribution in [1.82, 2.24) is 30.0 Å². The number of likely N-dealkylation sites (N-methyl/N-ethyl adjacent to an activating group) is 1. The van der Waals surface area contributed by atoms with E-state index in [1.807, 2.05) is 24.3 Å². The molecule has 2 aromatic carbocycles. The van der Waals surface area contributed by atoms with Crippen LogP contribution in [0.15, 0.2) is 54.7 Å². The van der Waals surface area contributed by atoms with Gasteiger partial charge < -0.3 is 24.8 Å². The third-order valence-corrected chi connectivity index (χ3v) is 6.41. The fourth-order valence-corrected chi connectivity index (χ4v) is 4.31. The van der Waals surface area contributed by atoms with Crippen LogP contribution in [0.5, 0.6) is 5.75 Å². The average molecular weight is 487 g/mol. The van der Waals surface area contributed by atoms with Gasteiger partial charge in [-0.15, -0.1) is 0 Å². The van der Waals surface area contributed by atoms with Gasteiger partial charge in [-0.05, 0) is 64.0 Å². The lowest BCUT2D eigenvalue weighted by atomic mass is 10.2. The third kappa shape index (κ3) is 5.75. The monoisotopic (exact) mass is 486 g/mol. The number of anilines is 3.